The van der Waals surface area contributed by atoms with Crippen molar-refractivity contribution >= 4 is 34.7 Å². The molecule has 2 aliphatic heterocycles. The average molecular weight is 279 g/mol. The van der Waals surface area contributed by atoms with Gasteiger partial charge in [0.1, 0.15) is 5.84 Å². The van der Waals surface area contributed by atoms with Crippen molar-refractivity contribution in [3.8, 4) is 0 Å². The van der Waals surface area contributed by atoms with E-state index in [1.165, 1.54) is 5.84 Å². The highest BCUT2D eigenvalue weighted by Crippen LogP contribution is 2.44. The van der Waals surface area contributed by atoms with E-state index in [4.69, 9.17) is 28.2 Å². The van der Waals surface area contributed by atoms with Gasteiger partial charge in [-0.15, -0.1) is 0 Å². The summed E-state index contributed by atoms with van der Waals surface area (Å²) in [7, 11) is 0. The van der Waals surface area contributed by atoms with E-state index in [-0.39, 0.29) is 0 Å². The first-order chi connectivity index (χ1) is 8.65. The van der Waals surface area contributed by atoms with Gasteiger partial charge in [-0.3, -0.25) is 0 Å². The molecule has 1 aromatic rings. The zero-order valence-electron chi connectivity index (χ0n) is 9.95. The van der Waals surface area contributed by atoms with Crippen molar-refractivity contribution in [2.24, 2.45) is 10.9 Å². The number of benzene rings is 1. The monoisotopic (exact) mass is 278 g/mol. The van der Waals surface area contributed by atoms with Crippen molar-refractivity contribution in [2.45, 2.75) is 25.9 Å². The fraction of sp³-hybridized carbons (Fsp3) is 0.357. The molecule has 2 nitrogen and oxygen atoms in total. The van der Waals surface area contributed by atoms with Crippen LogP contribution in [0.5, 0.6) is 0 Å². The highest BCUT2D eigenvalue weighted by molar-refractivity contribution is 6.37. The smallest absolute Gasteiger partial charge is 0.113 e. The van der Waals surface area contributed by atoms with Gasteiger partial charge in [0.15, 0.2) is 0 Å². The zero-order chi connectivity index (χ0) is 12.4. The molecule has 2 heterocycles. The molecule has 0 aromatic heterocycles. The molecule has 1 fully saturated rings. The van der Waals surface area contributed by atoms with Crippen LogP contribution in [-0.2, 0) is 6.54 Å². The Morgan fingerprint density at radius 2 is 2.17 bits per heavy atom. The molecule has 1 saturated heterocycles. The van der Waals surface area contributed by atoms with Crippen LogP contribution >= 0.6 is 23.2 Å². The van der Waals surface area contributed by atoms with Crippen LogP contribution in [0.25, 0.3) is 0 Å². The summed E-state index contributed by atoms with van der Waals surface area (Å²) in [5.74, 6) is 1.67. The van der Waals surface area contributed by atoms with Gasteiger partial charge in [0, 0.05) is 29.1 Å². The fourth-order valence-electron chi connectivity index (χ4n) is 3.13. The lowest BCUT2D eigenvalue weighted by atomic mass is 10.0. The predicted molar refractivity (Wildman–Crippen MR) is 74.9 cm³/mol. The van der Waals surface area contributed by atoms with E-state index >= 15 is 0 Å². The van der Waals surface area contributed by atoms with Crippen LogP contribution in [0.1, 0.15) is 17.5 Å². The molecule has 0 saturated carbocycles. The third-order valence-corrected chi connectivity index (χ3v) is 5.08. The summed E-state index contributed by atoms with van der Waals surface area (Å²) in [5.41, 5.74) is 3.02. The van der Waals surface area contributed by atoms with Crippen molar-refractivity contribution in [3.05, 3.63) is 39.4 Å². The van der Waals surface area contributed by atoms with Gasteiger partial charge in [0.25, 0.3) is 0 Å². The molecule has 2 bridgehead atoms. The van der Waals surface area contributed by atoms with Crippen LogP contribution in [0, 0.1) is 12.8 Å². The van der Waals surface area contributed by atoms with Gasteiger partial charge in [0.2, 0.25) is 0 Å². The van der Waals surface area contributed by atoms with E-state index < -0.39 is 0 Å². The number of amidine groups is 1. The minimum atomic E-state index is 0.488. The van der Waals surface area contributed by atoms with Crippen molar-refractivity contribution < 1.29 is 0 Å². The number of rotatable bonds is 0. The van der Waals surface area contributed by atoms with E-state index in [0.717, 1.165) is 34.8 Å². The van der Waals surface area contributed by atoms with E-state index in [9.17, 15) is 0 Å². The van der Waals surface area contributed by atoms with Gasteiger partial charge in [-0.2, -0.15) is 0 Å². The number of fused-ring (bicyclic) bond motifs is 6. The third kappa shape index (κ3) is 1.28. The maximum atomic E-state index is 6.41. The minimum absolute atomic E-state index is 0.488. The zero-order valence-corrected chi connectivity index (χ0v) is 11.5. The van der Waals surface area contributed by atoms with Crippen LogP contribution in [-0.4, -0.2) is 16.8 Å². The number of halogens is 2. The molecule has 2 unspecified atom stereocenters. The summed E-state index contributed by atoms with van der Waals surface area (Å²) in [6.45, 7) is 2.82. The summed E-state index contributed by atoms with van der Waals surface area (Å²) >= 11 is 12.6. The van der Waals surface area contributed by atoms with Gasteiger partial charge in [-0.1, -0.05) is 35.4 Å². The average Bonchev–Trinajstić information content (AvgIpc) is 2.96. The van der Waals surface area contributed by atoms with E-state index in [0.29, 0.717) is 17.0 Å². The summed E-state index contributed by atoms with van der Waals surface area (Å²) in [5, 5.41) is 1.47. The van der Waals surface area contributed by atoms with Crippen LogP contribution in [0.4, 0.5) is 5.69 Å². The second-order valence-electron chi connectivity index (χ2n) is 5.19. The number of hydrogen-bond donors (Lipinski definition) is 0. The molecular weight excluding hydrogens is 267 g/mol. The van der Waals surface area contributed by atoms with Crippen LogP contribution in [0.3, 0.4) is 0 Å². The molecule has 0 amide bonds. The summed E-state index contributed by atoms with van der Waals surface area (Å²) < 4.78 is 0. The first kappa shape index (κ1) is 10.9. The second kappa shape index (κ2) is 3.52. The van der Waals surface area contributed by atoms with Gasteiger partial charge >= 0.3 is 0 Å². The third-order valence-electron chi connectivity index (χ3n) is 4.18. The second-order valence-corrected chi connectivity index (χ2v) is 5.97. The van der Waals surface area contributed by atoms with Crippen LogP contribution < -0.4 is 0 Å². The molecule has 0 radical (unpaired) electrons. The van der Waals surface area contributed by atoms with Crippen LogP contribution in [0.2, 0.25) is 10.0 Å². The topological polar surface area (TPSA) is 15.6 Å². The van der Waals surface area contributed by atoms with Crippen molar-refractivity contribution in [1.29, 1.82) is 0 Å². The largest absolute Gasteiger partial charge is 0.349 e. The fourth-order valence-corrected chi connectivity index (χ4v) is 3.64. The highest BCUT2D eigenvalue weighted by Gasteiger charge is 2.41. The minimum Gasteiger partial charge on any atom is -0.349 e. The Labute approximate surface area is 116 Å². The molecule has 92 valence electrons. The summed E-state index contributed by atoms with van der Waals surface area (Å²) in [6.07, 6.45) is 5.71. The Balaban J connectivity index is 1.91. The molecular formula is C14H12Cl2N2. The molecule has 18 heavy (non-hydrogen) atoms. The Hall–Kier alpha value is -0.990. The quantitative estimate of drug-likeness (QED) is 0.653. The standard InChI is InChI=1S/C14H12Cl2N2/c1-7-11(15)5-12-10(13(7)16)6-18-9-3-2-8(4-9)14(18)17-12/h2-3,5,8-9H,4,6H2,1H3. The molecule has 0 N–H and O–H groups in total. The van der Waals surface area contributed by atoms with Crippen molar-refractivity contribution in [3.63, 3.8) is 0 Å². The van der Waals surface area contributed by atoms with Crippen LogP contribution in [0.15, 0.2) is 23.2 Å². The molecule has 0 spiro atoms. The molecule has 2 atom stereocenters. The summed E-state index contributed by atoms with van der Waals surface area (Å²) in [6, 6.07) is 2.45. The van der Waals surface area contributed by atoms with E-state index in [1.54, 1.807) is 0 Å². The lowest BCUT2D eigenvalue weighted by Crippen LogP contribution is -2.36. The Kier molecular flexibility index (Phi) is 2.13. The number of nitrogens with zero attached hydrogens (tertiary/aromatic N) is 2. The van der Waals surface area contributed by atoms with Crippen molar-refractivity contribution in [2.75, 3.05) is 0 Å². The molecule has 4 heteroatoms. The van der Waals surface area contributed by atoms with Gasteiger partial charge in [-0.05, 0) is 25.0 Å². The Morgan fingerprint density at radius 3 is 3.00 bits per heavy atom. The lowest BCUT2D eigenvalue weighted by molar-refractivity contribution is 0.378. The van der Waals surface area contributed by atoms with E-state index in [1.807, 2.05) is 13.0 Å². The van der Waals surface area contributed by atoms with Crippen molar-refractivity contribution in [1.82, 2.24) is 4.90 Å². The van der Waals surface area contributed by atoms with Gasteiger partial charge < -0.3 is 4.90 Å². The predicted octanol–water partition coefficient (Wildman–Crippen LogP) is 4.11. The molecule has 3 aliphatic rings. The lowest BCUT2D eigenvalue weighted by Gasteiger charge is -2.32. The SMILES string of the molecule is Cc1c(Cl)cc2c(c1Cl)CN1C(=N2)C2C=CC1C2. The maximum absolute atomic E-state index is 6.41. The maximum Gasteiger partial charge on any atom is 0.113 e. The normalized spacial score (nSPS) is 27.3. The molecule has 1 aliphatic carbocycles. The first-order valence-electron chi connectivity index (χ1n) is 6.16. The van der Waals surface area contributed by atoms with Gasteiger partial charge in [0.05, 0.1) is 10.7 Å². The first-order valence-corrected chi connectivity index (χ1v) is 6.92. The van der Waals surface area contributed by atoms with E-state index in [2.05, 4.69) is 17.1 Å². The van der Waals surface area contributed by atoms with Gasteiger partial charge in [-0.25, -0.2) is 4.99 Å². The number of hydrogen-bond acceptors (Lipinski definition) is 2. The number of aliphatic imine (C=N–C) groups is 1. The Morgan fingerprint density at radius 1 is 1.33 bits per heavy atom. The highest BCUT2D eigenvalue weighted by atomic mass is 35.5. The summed E-state index contributed by atoms with van der Waals surface area (Å²) in [4.78, 5) is 7.14. The molecule has 1 aromatic carbocycles. The Bertz CT molecular complexity index is 619. The molecule has 4 rings (SSSR count).